The molecule has 2 unspecified atom stereocenters. The van der Waals surface area contributed by atoms with Crippen molar-refractivity contribution >= 4 is 28.9 Å². The van der Waals surface area contributed by atoms with E-state index in [9.17, 15) is 9.59 Å². The van der Waals surface area contributed by atoms with Crippen molar-refractivity contribution in [3.63, 3.8) is 0 Å². The van der Waals surface area contributed by atoms with Gasteiger partial charge in [-0.15, -0.1) is 0 Å². The molecule has 4 rings (SSSR count). The number of likely N-dealkylation sites (N-methyl/N-ethyl adjacent to an activating group) is 1. The molecule has 0 saturated carbocycles. The highest BCUT2D eigenvalue weighted by atomic mass is 16.2. The minimum atomic E-state index is -0.201. The van der Waals surface area contributed by atoms with E-state index >= 15 is 0 Å². The second-order valence-electron chi connectivity index (χ2n) is 7.28. The Morgan fingerprint density at radius 1 is 1.04 bits per heavy atom. The van der Waals surface area contributed by atoms with E-state index in [1.165, 1.54) is 0 Å². The van der Waals surface area contributed by atoms with Gasteiger partial charge in [0.2, 0.25) is 0 Å². The zero-order chi connectivity index (χ0) is 19.1. The summed E-state index contributed by atoms with van der Waals surface area (Å²) in [7, 11) is 2.08. The highest BCUT2D eigenvalue weighted by molar-refractivity contribution is 6.20. The third kappa shape index (κ3) is 2.94. The largest absolute Gasteiger partial charge is 0.320 e. The molecule has 5 nitrogen and oxygen atoms in total. The smallest absolute Gasteiger partial charge is 0.258 e. The Morgan fingerprint density at radius 2 is 1.70 bits per heavy atom. The molecule has 0 fully saturated rings. The third-order valence-electron chi connectivity index (χ3n) is 5.56. The fourth-order valence-electron chi connectivity index (χ4n) is 3.82. The van der Waals surface area contributed by atoms with E-state index in [0.717, 1.165) is 5.57 Å². The fraction of sp³-hybridized carbons (Fsp3) is 0.273. The van der Waals surface area contributed by atoms with Crippen LogP contribution in [0.1, 0.15) is 30.6 Å². The number of carbonyl (C=O) groups is 2. The van der Waals surface area contributed by atoms with Crippen molar-refractivity contribution in [3.8, 4) is 0 Å². The second-order valence-corrected chi connectivity index (χ2v) is 7.28. The van der Waals surface area contributed by atoms with Gasteiger partial charge in [-0.25, -0.2) is 0 Å². The zero-order valence-corrected chi connectivity index (χ0v) is 15.8. The Hall–Kier alpha value is -2.92. The van der Waals surface area contributed by atoms with E-state index in [1.54, 1.807) is 11.0 Å². The molecule has 0 aromatic heterocycles. The van der Waals surface area contributed by atoms with Crippen LogP contribution in [-0.2, 0) is 4.79 Å². The lowest BCUT2D eigenvalue weighted by Gasteiger charge is -2.36. The van der Waals surface area contributed by atoms with Crippen molar-refractivity contribution < 1.29 is 9.59 Å². The SMILES string of the molecule is CC1C=C(C(=O)N2c3ccccc3NC(=O)c3ccccc32)CC(C)N1C. The van der Waals surface area contributed by atoms with Gasteiger partial charge >= 0.3 is 0 Å². The van der Waals surface area contributed by atoms with Crippen LogP contribution in [0.5, 0.6) is 0 Å². The standard InChI is InChI=1S/C22H23N3O2/c1-14-12-16(13-15(2)24(14)3)22(27)25-19-10-6-4-8-17(19)21(26)23-18-9-5-7-11-20(18)25/h4-12,14-15H,13H2,1-3H3,(H,23,26). The molecule has 2 aromatic carbocycles. The topological polar surface area (TPSA) is 52.7 Å². The van der Waals surface area contributed by atoms with Crippen LogP contribution in [0.4, 0.5) is 17.1 Å². The average molecular weight is 361 g/mol. The van der Waals surface area contributed by atoms with Gasteiger partial charge in [-0.3, -0.25) is 19.4 Å². The van der Waals surface area contributed by atoms with Gasteiger partial charge in [-0.2, -0.15) is 0 Å². The number of para-hydroxylation sites is 3. The maximum atomic E-state index is 13.6. The zero-order valence-electron chi connectivity index (χ0n) is 15.8. The Labute approximate surface area is 159 Å². The number of benzene rings is 2. The van der Waals surface area contributed by atoms with Crippen LogP contribution in [0, 0.1) is 0 Å². The molecular weight excluding hydrogens is 338 g/mol. The summed E-state index contributed by atoms with van der Waals surface area (Å²) >= 11 is 0. The average Bonchev–Trinajstić information content (AvgIpc) is 2.79. The van der Waals surface area contributed by atoms with Crippen molar-refractivity contribution in [1.82, 2.24) is 4.90 Å². The molecule has 2 aromatic rings. The molecular formula is C22H23N3O2. The minimum Gasteiger partial charge on any atom is -0.320 e. The first-order valence-electron chi connectivity index (χ1n) is 9.24. The lowest BCUT2D eigenvalue weighted by atomic mass is 9.96. The normalized spacial score (nSPS) is 22.3. The van der Waals surface area contributed by atoms with Crippen molar-refractivity contribution in [2.24, 2.45) is 0 Å². The first-order chi connectivity index (χ1) is 13.0. The van der Waals surface area contributed by atoms with Gasteiger partial charge in [0.25, 0.3) is 11.8 Å². The molecule has 0 radical (unpaired) electrons. The maximum Gasteiger partial charge on any atom is 0.258 e. The van der Waals surface area contributed by atoms with Gasteiger partial charge in [0.05, 0.1) is 22.6 Å². The lowest BCUT2D eigenvalue weighted by Crippen LogP contribution is -2.42. The molecule has 0 spiro atoms. The van der Waals surface area contributed by atoms with Gasteiger partial charge in [-0.1, -0.05) is 30.3 Å². The predicted molar refractivity (Wildman–Crippen MR) is 107 cm³/mol. The van der Waals surface area contributed by atoms with E-state index < -0.39 is 0 Å². The van der Waals surface area contributed by atoms with Crippen molar-refractivity contribution in [1.29, 1.82) is 0 Å². The molecule has 2 aliphatic rings. The van der Waals surface area contributed by atoms with E-state index in [2.05, 4.69) is 31.1 Å². The fourth-order valence-corrected chi connectivity index (χ4v) is 3.82. The molecule has 1 N–H and O–H groups in total. The van der Waals surface area contributed by atoms with Crippen LogP contribution in [0.25, 0.3) is 0 Å². The summed E-state index contributed by atoms with van der Waals surface area (Å²) in [6.07, 6.45) is 2.72. The number of carbonyl (C=O) groups excluding carboxylic acids is 2. The summed E-state index contributed by atoms with van der Waals surface area (Å²) < 4.78 is 0. The van der Waals surface area contributed by atoms with Gasteiger partial charge in [0.15, 0.2) is 0 Å². The Bertz CT molecular complexity index is 950. The Kier molecular flexibility index (Phi) is 4.32. The summed E-state index contributed by atoms with van der Waals surface area (Å²) in [5.41, 5.74) is 3.23. The first-order valence-corrected chi connectivity index (χ1v) is 9.24. The van der Waals surface area contributed by atoms with E-state index in [0.29, 0.717) is 29.0 Å². The van der Waals surface area contributed by atoms with Gasteiger partial charge in [0, 0.05) is 17.7 Å². The van der Waals surface area contributed by atoms with E-state index in [4.69, 9.17) is 0 Å². The number of nitrogens with zero attached hydrogens (tertiary/aromatic N) is 2. The number of nitrogens with one attached hydrogen (secondary N) is 1. The van der Waals surface area contributed by atoms with Crippen molar-refractivity contribution in [2.45, 2.75) is 32.4 Å². The molecule has 0 aliphatic carbocycles. The first kappa shape index (κ1) is 17.5. The molecule has 2 atom stereocenters. The van der Waals surface area contributed by atoms with E-state index in [-0.39, 0.29) is 23.9 Å². The quantitative estimate of drug-likeness (QED) is 0.837. The third-order valence-corrected chi connectivity index (χ3v) is 5.56. The maximum absolute atomic E-state index is 13.6. The Balaban J connectivity index is 1.87. The van der Waals surface area contributed by atoms with Crippen LogP contribution in [-0.4, -0.2) is 35.8 Å². The molecule has 5 heteroatoms. The molecule has 2 heterocycles. The highest BCUT2D eigenvalue weighted by Crippen LogP contribution is 2.39. The highest BCUT2D eigenvalue weighted by Gasteiger charge is 2.33. The monoisotopic (exact) mass is 361 g/mol. The molecule has 27 heavy (non-hydrogen) atoms. The van der Waals surface area contributed by atoms with Crippen LogP contribution in [0.3, 0.4) is 0 Å². The summed E-state index contributed by atoms with van der Waals surface area (Å²) in [6.45, 7) is 4.23. The second kappa shape index (κ2) is 6.67. The minimum absolute atomic E-state index is 0.0711. The number of rotatable bonds is 1. The van der Waals surface area contributed by atoms with Gasteiger partial charge in [0.1, 0.15) is 0 Å². The number of hydrogen-bond donors (Lipinski definition) is 1. The molecule has 0 bridgehead atoms. The van der Waals surface area contributed by atoms with Gasteiger partial charge in [-0.05, 0) is 51.6 Å². The molecule has 2 amide bonds. The summed E-state index contributed by atoms with van der Waals surface area (Å²) in [5, 5.41) is 2.93. The molecule has 138 valence electrons. The summed E-state index contributed by atoms with van der Waals surface area (Å²) in [5.74, 6) is -0.273. The predicted octanol–water partition coefficient (Wildman–Crippen LogP) is 3.96. The summed E-state index contributed by atoms with van der Waals surface area (Å²) in [6, 6.07) is 15.2. The summed E-state index contributed by atoms with van der Waals surface area (Å²) in [4.78, 5) is 30.3. The molecule has 0 saturated heterocycles. The van der Waals surface area contributed by atoms with Crippen LogP contribution in [0.2, 0.25) is 0 Å². The van der Waals surface area contributed by atoms with Crippen molar-refractivity contribution in [2.75, 3.05) is 17.3 Å². The number of hydrogen-bond acceptors (Lipinski definition) is 3. The van der Waals surface area contributed by atoms with E-state index in [1.807, 2.05) is 48.5 Å². The van der Waals surface area contributed by atoms with Crippen LogP contribution < -0.4 is 10.2 Å². The number of anilines is 3. The van der Waals surface area contributed by atoms with Crippen LogP contribution >= 0.6 is 0 Å². The van der Waals surface area contributed by atoms with Crippen LogP contribution in [0.15, 0.2) is 60.2 Å². The van der Waals surface area contributed by atoms with Crippen molar-refractivity contribution in [3.05, 3.63) is 65.7 Å². The Morgan fingerprint density at radius 3 is 2.44 bits per heavy atom. The number of amides is 2. The van der Waals surface area contributed by atoms with Gasteiger partial charge < -0.3 is 5.32 Å². The molecule has 2 aliphatic heterocycles. The number of fused-ring (bicyclic) bond motifs is 2. The lowest BCUT2D eigenvalue weighted by molar-refractivity contribution is -0.114.